The van der Waals surface area contributed by atoms with Crippen LogP contribution in [0.4, 0.5) is 0 Å². The van der Waals surface area contributed by atoms with Crippen molar-refractivity contribution in [3.8, 4) is 0 Å². The van der Waals surface area contributed by atoms with E-state index in [2.05, 4.69) is 11.3 Å². The lowest BCUT2D eigenvalue weighted by molar-refractivity contribution is 0.0650. The van der Waals surface area contributed by atoms with E-state index >= 15 is 0 Å². The average Bonchev–Trinajstić information content (AvgIpc) is 2.79. The Morgan fingerprint density at radius 3 is 2.23 bits per heavy atom. The largest absolute Gasteiger partial charge is 0.339 e. The number of rotatable bonds is 7. The lowest BCUT2D eigenvalue weighted by Gasteiger charge is -2.31. The maximum atomic E-state index is 12.8. The number of Topliss-reactive ketones (excluding diaryl/α,β-unsaturated/α-hetero) is 1. The Hall–Kier alpha value is -2.19. The van der Waals surface area contributed by atoms with Gasteiger partial charge in [0.25, 0.3) is 5.91 Å². The second-order valence-corrected chi connectivity index (χ2v) is 9.81. The Balaban J connectivity index is 1.61. The van der Waals surface area contributed by atoms with Gasteiger partial charge in [-0.2, -0.15) is 0 Å². The lowest BCUT2D eigenvalue weighted by atomic mass is 9.88. The van der Waals surface area contributed by atoms with Gasteiger partial charge in [0.2, 0.25) is 10.0 Å². The molecule has 164 valence electrons. The number of nitrogens with zero attached hydrogens (tertiary/aromatic N) is 1. The summed E-state index contributed by atoms with van der Waals surface area (Å²) in [4.78, 5) is 27.3. The molecular weight excluding hydrogens is 459 g/mol. The molecule has 1 heterocycles. The van der Waals surface area contributed by atoms with Crippen LogP contribution < -0.4 is 4.72 Å². The maximum Gasteiger partial charge on any atom is 0.253 e. The molecule has 3 rings (SSSR count). The quantitative estimate of drug-likeness (QED) is 0.475. The number of halogens is 2. The molecule has 0 radical (unpaired) electrons. The molecule has 1 fully saturated rings. The van der Waals surface area contributed by atoms with Crippen LogP contribution in [0.25, 0.3) is 0 Å². The fourth-order valence-corrected chi connectivity index (χ4v) is 4.74. The number of sulfonamides is 1. The molecule has 0 atom stereocenters. The Labute approximate surface area is 191 Å². The molecule has 6 nitrogen and oxygen atoms in total. The molecule has 2 aromatic carbocycles. The molecule has 0 aliphatic carbocycles. The van der Waals surface area contributed by atoms with E-state index in [1.165, 1.54) is 30.3 Å². The summed E-state index contributed by atoms with van der Waals surface area (Å²) in [5.74, 6) is -0.388. The average molecular weight is 481 g/mol. The van der Waals surface area contributed by atoms with E-state index in [1.54, 1.807) is 23.1 Å². The van der Waals surface area contributed by atoms with Crippen molar-refractivity contribution in [2.24, 2.45) is 5.92 Å². The number of hydrogen-bond donors (Lipinski definition) is 1. The first-order valence-corrected chi connectivity index (χ1v) is 12.0. The molecule has 31 heavy (non-hydrogen) atoms. The van der Waals surface area contributed by atoms with E-state index in [-0.39, 0.29) is 29.0 Å². The van der Waals surface area contributed by atoms with Crippen molar-refractivity contribution in [2.45, 2.75) is 17.7 Å². The number of likely N-dealkylation sites (tertiary alicyclic amines) is 1. The van der Waals surface area contributed by atoms with Crippen LogP contribution in [0.3, 0.4) is 0 Å². The third kappa shape index (κ3) is 5.54. The van der Waals surface area contributed by atoms with Gasteiger partial charge in [0.05, 0.1) is 14.9 Å². The maximum absolute atomic E-state index is 12.8. The first-order chi connectivity index (χ1) is 14.7. The van der Waals surface area contributed by atoms with Crippen molar-refractivity contribution in [1.82, 2.24) is 9.62 Å². The zero-order valence-electron chi connectivity index (χ0n) is 16.7. The molecule has 1 N–H and O–H groups in total. The molecule has 1 aliphatic heterocycles. The van der Waals surface area contributed by atoms with Crippen molar-refractivity contribution in [2.75, 3.05) is 19.6 Å². The number of piperidine rings is 1. The SMILES string of the molecule is C=CCNS(=O)(=O)c1ccc(C(=O)N2CCC(C(=O)c3ccc(Cl)c(Cl)c3)CC2)cc1. The van der Waals surface area contributed by atoms with Crippen LogP contribution >= 0.6 is 23.2 Å². The molecule has 1 aliphatic rings. The van der Waals surface area contributed by atoms with Crippen LogP contribution in [0, 0.1) is 5.92 Å². The normalized spacial score (nSPS) is 15.0. The summed E-state index contributed by atoms with van der Waals surface area (Å²) in [7, 11) is -3.64. The molecule has 1 saturated heterocycles. The molecule has 0 aromatic heterocycles. The number of carbonyl (C=O) groups excluding carboxylic acids is 2. The number of hydrogen-bond acceptors (Lipinski definition) is 4. The van der Waals surface area contributed by atoms with Crippen LogP contribution in [-0.4, -0.2) is 44.6 Å². The van der Waals surface area contributed by atoms with Gasteiger partial charge in [0.1, 0.15) is 0 Å². The Morgan fingerprint density at radius 2 is 1.65 bits per heavy atom. The summed E-state index contributed by atoms with van der Waals surface area (Å²) < 4.78 is 26.6. The van der Waals surface area contributed by atoms with Gasteiger partial charge in [0, 0.05) is 36.7 Å². The molecule has 9 heteroatoms. The van der Waals surface area contributed by atoms with Crippen LogP contribution in [0.2, 0.25) is 10.0 Å². The predicted octanol–water partition coefficient (Wildman–Crippen LogP) is 4.19. The highest BCUT2D eigenvalue weighted by molar-refractivity contribution is 7.89. The number of amides is 1. The molecule has 1 amide bonds. The smallest absolute Gasteiger partial charge is 0.253 e. The van der Waals surface area contributed by atoms with Crippen LogP contribution in [0.5, 0.6) is 0 Å². The summed E-state index contributed by atoms with van der Waals surface area (Å²) in [5.41, 5.74) is 0.915. The summed E-state index contributed by atoms with van der Waals surface area (Å²) in [6.45, 7) is 4.49. The van der Waals surface area contributed by atoms with Gasteiger partial charge >= 0.3 is 0 Å². The van der Waals surface area contributed by atoms with Gasteiger partial charge in [0.15, 0.2) is 5.78 Å². The monoisotopic (exact) mass is 480 g/mol. The number of benzene rings is 2. The third-order valence-corrected chi connectivity index (χ3v) is 7.36. The topological polar surface area (TPSA) is 83.6 Å². The number of ketones is 1. The Bertz CT molecular complexity index is 1090. The lowest BCUT2D eigenvalue weighted by Crippen LogP contribution is -2.40. The molecule has 2 aromatic rings. The number of nitrogens with one attached hydrogen (secondary N) is 1. The zero-order valence-corrected chi connectivity index (χ0v) is 19.0. The van der Waals surface area contributed by atoms with Gasteiger partial charge in [-0.1, -0.05) is 29.3 Å². The van der Waals surface area contributed by atoms with Gasteiger partial charge in [-0.05, 0) is 55.3 Å². The van der Waals surface area contributed by atoms with Crippen molar-refractivity contribution < 1.29 is 18.0 Å². The van der Waals surface area contributed by atoms with E-state index in [9.17, 15) is 18.0 Å². The minimum absolute atomic E-state index is 0.00718. The van der Waals surface area contributed by atoms with Crippen LogP contribution in [0.15, 0.2) is 60.0 Å². The minimum atomic E-state index is -3.64. The highest BCUT2D eigenvalue weighted by atomic mass is 35.5. The van der Waals surface area contributed by atoms with E-state index in [4.69, 9.17) is 23.2 Å². The van der Waals surface area contributed by atoms with Gasteiger partial charge in [-0.15, -0.1) is 6.58 Å². The van der Waals surface area contributed by atoms with Crippen molar-refractivity contribution in [3.63, 3.8) is 0 Å². The van der Waals surface area contributed by atoms with Crippen LogP contribution in [-0.2, 0) is 10.0 Å². The summed E-state index contributed by atoms with van der Waals surface area (Å²) in [6.07, 6.45) is 2.54. The van der Waals surface area contributed by atoms with E-state index in [0.717, 1.165) is 0 Å². The Morgan fingerprint density at radius 1 is 1.03 bits per heavy atom. The van der Waals surface area contributed by atoms with Crippen molar-refractivity contribution in [3.05, 3.63) is 76.3 Å². The zero-order chi connectivity index (χ0) is 22.6. The molecule has 0 saturated carbocycles. The van der Waals surface area contributed by atoms with E-state index in [0.29, 0.717) is 47.1 Å². The number of carbonyl (C=O) groups is 2. The predicted molar refractivity (Wildman–Crippen MR) is 121 cm³/mol. The first-order valence-electron chi connectivity index (χ1n) is 9.72. The fraction of sp³-hybridized carbons (Fsp3) is 0.273. The van der Waals surface area contributed by atoms with Crippen molar-refractivity contribution in [1.29, 1.82) is 0 Å². The highest BCUT2D eigenvalue weighted by Gasteiger charge is 2.29. The molecular formula is C22H22Cl2N2O4S. The first kappa shape index (κ1) is 23.5. The fourth-order valence-electron chi connectivity index (χ4n) is 3.44. The second kappa shape index (κ2) is 9.96. The van der Waals surface area contributed by atoms with Crippen LogP contribution in [0.1, 0.15) is 33.6 Å². The van der Waals surface area contributed by atoms with E-state index in [1.807, 2.05) is 0 Å². The highest BCUT2D eigenvalue weighted by Crippen LogP contribution is 2.27. The van der Waals surface area contributed by atoms with Gasteiger partial charge < -0.3 is 4.90 Å². The summed E-state index contributed by atoms with van der Waals surface area (Å²) >= 11 is 11.9. The minimum Gasteiger partial charge on any atom is -0.339 e. The molecule has 0 bridgehead atoms. The van der Waals surface area contributed by atoms with Gasteiger partial charge in [-0.3, -0.25) is 9.59 Å². The van der Waals surface area contributed by atoms with E-state index < -0.39 is 10.0 Å². The summed E-state index contributed by atoms with van der Waals surface area (Å²) in [6, 6.07) is 10.6. The van der Waals surface area contributed by atoms with Gasteiger partial charge in [-0.25, -0.2) is 13.1 Å². The second-order valence-electron chi connectivity index (χ2n) is 7.22. The molecule has 0 unspecified atom stereocenters. The Kier molecular flexibility index (Phi) is 7.54. The van der Waals surface area contributed by atoms with Crippen molar-refractivity contribution >= 4 is 44.9 Å². The standard InChI is InChI=1S/C22H22Cl2N2O4S/c1-2-11-25-31(29,30)18-6-3-16(4-7-18)22(28)26-12-9-15(10-13-26)21(27)17-5-8-19(23)20(24)14-17/h2-8,14-15,25H,1,9-13H2. The molecule has 0 spiro atoms. The third-order valence-electron chi connectivity index (χ3n) is 5.19. The summed E-state index contributed by atoms with van der Waals surface area (Å²) in [5, 5.41) is 0.735.